The van der Waals surface area contributed by atoms with Crippen molar-refractivity contribution in [1.82, 2.24) is 15.8 Å². The zero-order valence-corrected chi connectivity index (χ0v) is 12.9. The second-order valence-electron chi connectivity index (χ2n) is 4.87. The minimum Gasteiger partial charge on any atom is -0.359 e. The van der Waals surface area contributed by atoms with E-state index in [1.54, 1.807) is 19.2 Å². The van der Waals surface area contributed by atoms with Crippen LogP contribution in [0.3, 0.4) is 0 Å². The van der Waals surface area contributed by atoms with E-state index in [2.05, 4.69) is 20.8 Å². The number of guanidine groups is 1. The Bertz CT molecular complexity index is 624. The van der Waals surface area contributed by atoms with Crippen LogP contribution in [-0.4, -0.2) is 24.7 Å². The summed E-state index contributed by atoms with van der Waals surface area (Å²) in [6.45, 7) is 3.22. The van der Waals surface area contributed by atoms with Gasteiger partial charge in [0.05, 0.1) is 12.2 Å². The fourth-order valence-electron chi connectivity index (χ4n) is 2.01. The van der Waals surface area contributed by atoms with E-state index in [9.17, 15) is 4.39 Å². The molecule has 0 spiro atoms. The van der Waals surface area contributed by atoms with Crippen molar-refractivity contribution in [3.8, 4) is 0 Å². The molecule has 5 nitrogen and oxygen atoms in total. The Morgan fingerprint density at radius 1 is 1.32 bits per heavy atom. The normalized spacial score (nSPS) is 11.5. The highest BCUT2D eigenvalue weighted by atomic mass is 19.1. The van der Waals surface area contributed by atoms with Gasteiger partial charge in [-0.2, -0.15) is 0 Å². The predicted octanol–water partition coefficient (Wildman–Crippen LogP) is 2.28. The molecule has 0 fully saturated rings. The van der Waals surface area contributed by atoms with Gasteiger partial charge in [-0.1, -0.05) is 24.2 Å². The highest BCUT2D eigenvalue weighted by Crippen LogP contribution is 2.04. The first kappa shape index (κ1) is 16.0. The molecule has 0 saturated heterocycles. The van der Waals surface area contributed by atoms with Crippen LogP contribution in [0.1, 0.15) is 23.9 Å². The summed E-state index contributed by atoms with van der Waals surface area (Å²) in [7, 11) is 1.70. The maximum Gasteiger partial charge on any atom is 0.191 e. The summed E-state index contributed by atoms with van der Waals surface area (Å²) < 4.78 is 18.3. The highest BCUT2D eigenvalue weighted by molar-refractivity contribution is 5.79. The third-order valence-electron chi connectivity index (χ3n) is 3.22. The van der Waals surface area contributed by atoms with Crippen molar-refractivity contribution in [2.45, 2.75) is 26.3 Å². The molecule has 22 heavy (non-hydrogen) atoms. The van der Waals surface area contributed by atoms with E-state index in [-0.39, 0.29) is 5.82 Å². The Balaban J connectivity index is 1.75. The van der Waals surface area contributed by atoms with Crippen molar-refractivity contribution in [2.75, 3.05) is 13.6 Å². The van der Waals surface area contributed by atoms with Gasteiger partial charge in [-0.25, -0.2) is 4.39 Å². The van der Waals surface area contributed by atoms with Gasteiger partial charge in [-0.05, 0) is 30.5 Å². The van der Waals surface area contributed by atoms with E-state index in [4.69, 9.17) is 4.52 Å². The molecule has 0 atom stereocenters. The standard InChI is InChI=1S/C16H21FN4O/c1-3-14-10-15(22-21-14)11-20-16(18-2)19-8-7-12-5-4-6-13(17)9-12/h4-6,9-10H,3,7-8,11H2,1-2H3,(H2,18,19,20). The number of nitrogens with one attached hydrogen (secondary N) is 2. The summed E-state index contributed by atoms with van der Waals surface area (Å²) in [4.78, 5) is 4.14. The van der Waals surface area contributed by atoms with Crippen molar-refractivity contribution < 1.29 is 8.91 Å². The number of hydrogen-bond donors (Lipinski definition) is 2. The lowest BCUT2D eigenvalue weighted by Gasteiger charge is -2.10. The second kappa shape index (κ2) is 8.17. The maximum atomic E-state index is 13.1. The molecule has 2 N–H and O–H groups in total. The molecule has 0 radical (unpaired) electrons. The number of nitrogens with zero attached hydrogens (tertiary/aromatic N) is 2. The summed E-state index contributed by atoms with van der Waals surface area (Å²) in [6.07, 6.45) is 1.57. The van der Waals surface area contributed by atoms with Gasteiger partial charge in [-0.3, -0.25) is 4.99 Å². The average molecular weight is 304 g/mol. The van der Waals surface area contributed by atoms with Gasteiger partial charge in [0.25, 0.3) is 0 Å². The fraction of sp³-hybridized carbons (Fsp3) is 0.375. The van der Waals surface area contributed by atoms with Crippen LogP contribution in [0.15, 0.2) is 39.8 Å². The third kappa shape index (κ3) is 4.87. The van der Waals surface area contributed by atoms with Crippen LogP contribution in [0, 0.1) is 5.82 Å². The molecule has 6 heteroatoms. The number of halogens is 1. The summed E-state index contributed by atoms with van der Waals surface area (Å²) in [5.74, 6) is 1.23. The Morgan fingerprint density at radius 3 is 2.86 bits per heavy atom. The lowest BCUT2D eigenvalue weighted by Crippen LogP contribution is -2.37. The molecule has 118 valence electrons. The van der Waals surface area contributed by atoms with Gasteiger partial charge in [0.1, 0.15) is 5.82 Å². The first-order valence-corrected chi connectivity index (χ1v) is 7.34. The predicted molar refractivity (Wildman–Crippen MR) is 84.2 cm³/mol. The number of benzene rings is 1. The van der Waals surface area contributed by atoms with Crippen LogP contribution in [0.25, 0.3) is 0 Å². The lowest BCUT2D eigenvalue weighted by molar-refractivity contribution is 0.374. The van der Waals surface area contributed by atoms with Gasteiger partial charge in [0, 0.05) is 19.7 Å². The van der Waals surface area contributed by atoms with Crippen molar-refractivity contribution in [3.63, 3.8) is 0 Å². The van der Waals surface area contributed by atoms with Crippen molar-refractivity contribution in [1.29, 1.82) is 0 Å². The molecule has 0 unspecified atom stereocenters. The molecule has 0 aliphatic heterocycles. The largest absolute Gasteiger partial charge is 0.359 e. The minimum absolute atomic E-state index is 0.211. The number of hydrogen-bond acceptors (Lipinski definition) is 3. The van der Waals surface area contributed by atoms with Gasteiger partial charge in [0.2, 0.25) is 0 Å². The maximum absolute atomic E-state index is 13.1. The number of aryl methyl sites for hydroxylation is 1. The fourth-order valence-corrected chi connectivity index (χ4v) is 2.01. The number of aromatic nitrogens is 1. The highest BCUT2D eigenvalue weighted by Gasteiger charge is 2.04. The van der Waals surface area contributed by atoms with E-state index in [1.807, 2.05) is 19.1 Å². The molecule has 2 rings (SSSR count). The second-order valence-corrected chi connectivity index (χ2v) is 4.87. The molecule has 1 aromatic heterocycles. The van der Waals surface area contributed by atoms with E-state index < -0.39 is 0 Å². The summed E-state index contributed by atoms with van der Waals surface area (Å²) in [6, 6.07) is 8.53. The van der Waals surface area contributed by atoms with Crippen LogP contribution in [0.4, 0.5) is 4.39 Å². The topological polar surface area (TPSA) is 62.5 Å². The van der Waals surface area contributed by atoms with E-state index in [0.29, 0.717) is 19.0 Å². The Morgan fingerprint density at radius 2 is 2.18 bits per heavy atom. The summed E-state index contributed by atoms with van der Waals surface area (Å²) in [5, 5.41) is 10.3. The first-order valence-electron chi connectivity index (χ1n) is 7.34. The molecule has 0 aliphatic carbocycles. The minimum atomic E-state index is -0.211. The number of aliphatic imine (C=N–C) groups is 1. The van der Waals surface area contributed by atoms with Gasteiger partial charge >= 0.3 is 0 Å². The molecule has 2 aromatic rings. The Hall–Kier alpha value is -2.37. The molecular formula is C16H21FN4O. The molecule has 0 amide bonds. The van der Waals surface area contributed by atoms with E-state index in [1.165, 1.54) is 6.07 Å². The van der Waals surface area contributed by atoms with Crippen molar-refractivity contribution in [2.24, 2.45) is 4.99 Å². The van der Waals surface area contributed by atoms with Crippen LogP contribution >= 0.6 is 0 Å². The molecule has 0 saturated carbocycles. The zero-order valence-electron chi connectivity index (χ0n) is 12.9. The van der Waals surface area contributed by atoms with Crippen LogP contribution in [0.2, 0.25) is 0 Å². The average Bonchev–Trinajstić information content (AvgIpc) is 2.99. The van der Waals surface area contributed by atoms with E-state index >= 15 is 0 Å². The SMILES string of the molecule is CCc1cc(CNC(=NC)NCCc2cccc(F)c2)on1. The monoisotopic (exact) mass is 304 g/mol. The molecule has 1 aromatic carbocycles. The summed E-state index contributed by atoms with van der Waals surface area (Å²) >= 11 is 0. The van der Waals surface area contributed by atoms with Gasteiger partial charge in [-0.15, -0.1) is 0 Å². The smallest absolute Gasteiger partial charge is 0.191 e. The van der Waals surface area contributed by atoms with Crippen LogP contribution in [0.5, 0.6) is 0 Å². The molecule has 1 heterocycles. The van der Waals surface area contributed by atoms with Gasteiger partial charge in [0.15, 0.2) is 11.7 Å². The van der Waals surface area contributed by atoms with Crippen molar-refractivity contribution in [3.05, 3.63) is 53.2 Å². The quantitative estimate of drug-likeness (QED) is 0.635. The lowest BCUT2D eigenvalue weighted by atomic mass is 10.1. The summed E-state index contributed by atoms with van der Waals surface area (Å²) in [5.41, 5.74) is 1.89. The molecular weight excluding hydrogens is 283 g/mol. The number of rotatable bonds is 6. The van der Waals surface area contributed by atoms with Crippen LogP contribution < -0.4 is 10.6 Å². The van der Waals surface area contributed by atoms with Crippen molar-refractivity contribution >= 4 is 5.96 Å². The molecule has 0 aliphatic rings. The molecule has 0 bridgehead atoms. The van der Waals surface area contributed by atoms with Crippen LogP contribution in [-0.2, 0) is 19.4 Å². The Labute approximate surface area is 129 Å². The third-order valence-corrected chi connectivity index (χ3v) is 3.22. The van der Waals surface area contributed by atoms with Gasteiger partial charge < -0.3 is 15.2 Å². The first-order chi connectivity index (χ1) is 10.7. The Kier molecular flexibility index (Phi) is 5.94. The van der Waals surface area contributed by atoms with E-state index in [0.717, 1.165) is 29.9 Å². The zero-order chi connectivity index (χ0) is 15.8.